The Bertz CT molecular complexity index is 738. The maximum absolute atomic E-state index is 12.6. The van der Waals surface area contributed by atoms with Gasteiger partial charge in [0.25, 0.3) is 0 Å². The lowest BCUT2D eigenvalue weighted by Gasteiger charge is -2.47. The molecule has 2 heterocycles. The summed E-state index contributed by atoms with van der Waals surface area (Å²) in [5, 5.41) is 12.0. The zero-order valence-corrected chi connectivity index (χ0v) is 14.2. The fourth-order valence-electron chi connectivity index (χ4n) is 4.51. The van der Waals surface area contributed by atoms with Crippen LogP contribution in [0.1, 0.15) is 38.5 Å². The van der Waals surface area contributed by atoms with E-state index in [-0.39, 0.29) is 11.8 Å². The Morgan fingerprint density at radius 3 is 3.00 bits per heavy atom. The van der Waals surface area contributed by atoms with Crippen LogP contribution in [-0.2, 0) is 11.3 Å². The number of carbonyl (C=O) groups excluding carboxylic acids is 1. The van der Waals surface area contributed by atoms with Gasteiger partial charge < -0.3 is 14.6 Å². The van der Waals surface area contributed by atoms with E-state index in [4.69, 9.17) is 0 Å². The number of aromatic nitrogens is 1. The van der Waals surface area contributed by atoms with Gasteiger partial charge in [0.05, 0.1) is 5.60 Å². The summed E-state index contributed by atoms with van der Waals surface area (Å²) in [6.45, 7) is 2.16. The number of amides is 1. The van der Waals surface area contributed by atoms with E-state index < -0.39 is 5.60 Å². The van der Waals surface area contributed by atoms with Gasteiger partial charge in [-0.25, -0.2) is 0 Å². The monoisotopic (exact) mass is 326 g/mol. The Morgan fingerprint density at radius 1 is 1.21 bits per heavy atom. The molecule has 2 aromatic rings. The van der Waals surface area contributed by atoms with E-state index in [0.29, 0.717) is 13.0 Å². The van der Waals surface area contributed by atoms with E-state index in [0.717, 1.165) is 38.8 Å². The average molecular weight is 326 g/mol. The topological polar surface area (TPSA) is 45.5 Å². The normalized spacial score (nSPS) is 27.2. The van der Waals surface area contributed by atoms with Crippen molar-refractivity contribution in [2.24, 2.45) is 5.92 Å². The van der Waals surface area contributed by atoms with Crippen LogP contribution in [0.2, 0.25) is 0 Å². The molecule has 0 spiro atoms. The molecule has 24 heavy (non-hydrogen) atoms. The predicted molar refractivity (Wildman–Crippen MR) is 94.7 cm³/mol. The van der Waals surface area contributed by atoms with E-state index >= 15 is 0 Å². The number of carbonyl (C=O) groups is 1. The van der Waals surface area contributed by atoms with Gasteiger partial charge in [0.2, 0.25) is 5.91 Å². The number of benzene rings is 1. The van der Waals surface area contributed by atoms with Crippen molar-refractivity contribution in [3.63, 3.8) is 0 Å². The van der Waals surface area contributed by atoms with E-state index in [1.807, 2.05) is 17.0 Å². The number of para-hydroxylation sites is 1. The highest BCUT2D eigenvalue weighted by Gasteiger charge is 2.43. The number of piperidine rings is 1. The van der Waals surface area contributed by atoms with Gasteiger partial charge in [0, 0.05) is 43.7 Å². The number of likely N-dealkylation sites (tertiary alicyclic amines) is 1. The number of hydrogen-bond acceptors (Lipinski definition) is 2. The van der Waals surface area contributed by atoms with Crippen LogP contribution in [0.5, 0.6) is 0 Å². The number of rotatable bonds is 3. The molecule has 4 nitrogen and oxygen atoms in total. The fraction of sp³-hybridized carbons (Fsp3) is 0.550. The summed E-state index contributed by atoms with van der Waals surface area (Å²) in [7, 11) is 0. The van der Waals surface area contributed by atoms with Gasteiger partial charge in [-0.15, -0.1) is 0 Å². The second-order valence-corrected chi connectivity index (χ2v) is 7.45. The fourth-order valence-corrected chi connectivity index (χ4v) is 4.51. The molecule has 2 aliphatic rings. The second-order valence-electron chi connectivity index (χ2n) is 7.45. The smallest absolute Gasteiger partial charge is 0.224 e. The Kier molecular flexibility index (Phi) is 4.09. The van der Waals surface area contributed by atoms with E-state index in [1.54, 1.807) is 0 Å². The summed E-state index contributed by atoms with van der Waals surface area (Å²) >= 11 is 0. The number of fused-ring (bicyclic) bond motifs is 2. The summed E-state index contributed by atoms with van der Waals surface area (Å²) in [6.07, 6.45) is 7.62. The van der Waals surface area contributed by atoms with Gasteiger partial charge in [0.1, 0.15) is 0 Å². The van der Waals surface area contributed by atoms with Crippen molar-refractivity contribution in [1.29, 1.82) is 0 Å². The molecule has 0 bridgehead atoms. The molecule has 1 amide bonds. The standard InChI is InChI=1S/C20H26N2O2/c23-19(9-13-21-12-8-16-5-1-2-7-18(16)21)22-14-11-20(24)10-4-3-6-17(20)15-22/h1-2,5,7-8,12,17,24H,3-4,6,9-11,13-15H2/t17-,20-/m0/s1. The molecule has 4 rings (SSSR count). The molecule has 2 fully saturated rings. The van der Waals surface area contributed by atoms with Crippen LogP contribution >= 0.6 is 0 Å². The van der Waals surface area contributed by atoms with E-state index in [2.05, 4.69) is 29.0 Å². The van der Waals surface area contributed by atoms with Crippen LogP contribution in [0.15, 0.2) is 36.5 Å². The summed E-state index contributed by atoms with van der Waals surface area (Å²) in [4.78, 5) is 14.6. The van der Waals surface area contributed by atoms with Crippen molar-refractivity contribution in [3.8, 4) is 0 Å². The first-order valence-electron chi connectivity index (χ1n) is 9.20. The van der Waals surface area contributed by atoms with Crippen molar-refractivity contribution in [2.75, 3.05) is 13.1 Å². The molecule has 0 unspecified atom stereocenters. The highest BCUT2D eigenvalue weighted by Crippen LogP contribution is 2.39. The lowest BCUT2D eigenvalue weighted by molar-refractivity contribution is -0.143. The molecular formula is C20H26N2O2. The molecule has 1 N–H and O–H groups in total. The molecule has 1 aromatic heterocycles. The number of aliphatic hydroxyl groups is 1. The van der Waals surface area contributed by atoms with Crippen LogP contribution in [0, 0.1) is 5.92 Å². The zero-order valence-electron chi connectivity index (χ0n) is 14.2. The molecule has 2 atom stereocenters. The largest absolute Gasteiger partial charge is 0.389 e. The maximum atomic E-state index is 12.6. The molecule has 1 saturated heterocycles. The van der Waals surface area contributed by atoms with Crippen LogP contribution in [-0.4, -0.2) is 39.2 Å². The highest BCUT2D eigenvalue weighted by molar-refractivity contribution is 5.80. The minimum atomic E-state index is -0.508. The predicted octanol–water partition coefficient (Wildman–Crippen LogP) is 3.19. The molecular weight excluding hydrogens is 300 g/mol. The molecule has 1 aliphatic heterocycles. The van der Waals surface area contributed by atoms with E-state index in [1.165, 1.54) is 17.3 Å². The van der Waals surface area contributed by atoms with Crippen LogP contribution < -0.4 is 0 Å². The first-order valence-corrected chi connectivity index (χ1v) is 9.20. The van der Waals surface area contributed by atoms with Gasteiger partial charge >= 0.3 is 0 Å². The maximum Gasteiger partial charge on any atom is 0.224 e. The third-order valence-electron chi connectivity index (χ3n) is 6.03. The number of nitrogens with zero attached hydrogens (tertiary/aromatic N) is 2. The van der Waals surface area contributed by atoms with Crippen molar-refractivity contribution in [3.05, 3.63) is 36.5 Å². The second kappa shape index (κ2) is 6.25. The third kappa shape index (κ3) is 2.84. The van der Waals surface area contributed by atoms with Crippen LogP contribution in [0.25, 0.3) is 10.9 Å². The lowest BCUT2D eigenvalue weighted by Crippen LogP contribution is -2.54. The van der Waals surface area contributed by atoms with E-state index in [9.17, 15) is 9.90 Å². The van der Waals surface area contributed by atoms with Gasteiger partial charge in [-0.1, -0.05) is 31.0 Å². The Hall–Kier alpha value is -1.81. The molecule has 4 heteroatoms. The summed E-state index contributed by atoms with van der Waals surface area (Å²) < 4.78 is 2.16. The first kappa shape index (κ1) is 15.7. The van der Waals surface area contributed by atoms with Gasteiger partial charge in [-0.05, 0) is 36.8 Å². The molecule has 128 valence electrons. The van der Waals surface area contributed by atoms with Gasteiger partial charge in [0.15, 0.2) is 0 Å². The van der Waals surface area contributed by atoms with Crippen LogP contribution in [0.4, 0.5) is 0 Å². The quantitative estimate of drug-likeness (QED) is 0.941. The Labute approximate surface area is 143 Å². The lowest BCUT2D eigenvalue weighted by atomic mass is 9.71. The number of hydrogen-bond donors (Lipinski definition) is 1. The number of aryl methyl sites for hydroxylation is 1. The third-order valence-corrected chi connectivity index (χ3v) is 6.03. The Morgan fingerprint density at radius 2 is 2.08 bits per heavy atom. The molecule has 1 aromatic carbocycles. The summed E-state index contributed by atoms with van der Waals surface area (Å²) in [6, 6.07) is 10.4. The van der Waals surface area contributed by atoms with Crippen molar-refractivity contribution in [2.45, 2.75) is 50.7 Å². The van der Waals surface area contributed by atoms with Gasteiger partial charge in [-0.2, -0.15) is 0 Å². The molecule has 0 radical (unpaired) electrons. The first-order chi connectivity index (χ1) is 11.7. The molecule has 1 saturated carbocycles. The molecule has 1 aliphatic carbocycles. The Balaban J connectivity index is 1.38. The van der Waals surface area contributed by atoms with Gasteiger partial charge in [-0.3, -0.25) is 4.79 Å². The van der Waals surface area contributed by atoms with Crippen molar-refractivity contribution < 1.29 is 9.90 Å². The highest BCUT2D eigenvalue weighted by atomic mass is 16.3. The van der Waals surface area contributed by atoms with Crippen molar-refractivity contribution >= 4 is 16.8 Å². The van der Waals surface area contributed by atoms with Crippen LogP contribution in [0.3, 0.4) is 0 Å². The minimum Gasteiger partial charge on any atom is -0.389 e. The zero-order chi connectivity index (χ0) is 16.6. The average Bonchev–Trinajstić information content (AvgIpc) is 3.02. The summed E-state index contributed by atoms with van der Waals surface area (Å²) in [5.41, 5.74) is 0.677. The SMILES string of the molecule is O=C(CCn1ccc2ccccc21)N1CC[C@@]2(O)CCCC[C@H]2C1. The van der Waals surface area contributed by atoms with Crippen molar-refractivity contribution in [1.82, 2.24) is 9.47 Å². The minimum absolute atomic E-state index is 0.223. The summed E-state index contributed by atoms with van der Waals surface area (Å²) in [5.74, 6) is 0.497.